The average molecular weight is 424 g/mol. The normalized spacial score (nSPS) is 12.7. The second-order valence-electron chi connectivity index (χ2n) is 5.62. The lowest BCUT2D eigenvalue weighted by Gasteiger charge is -2.08. The molecule has 0 aliphatic rings. The highest BCUT2D eigenvalue weighted by atomic mass is 35.5. The summed E-state index contributed by atoms with van der Waals surface area (Å²) in [5.41, 5.74) is -0.288. The van der Waals surface area contributed by atoms with Gasteiger partial charge in [-0.25, -0.2) is 8.42 Å². The minimum atomic E-state index is -3.52. The SMILES string of the molecule is CCS(=O)(=O)c1ccc(O)c(N=NC(C(=O)Nc2ccccc2Cl)=C(C)O)c1. The maximum atomic E-state index is 12.4. The fraction of sp³-hybridized carbons (Fsp3) is 0.167. The van der Waals surface area contributed by atoms with Gasteiger partial charge in [-0.15, -0.1) is 10.2 Å². The van der Waals surface area contributed by atoms with Crippen LogP contribution in [0.15, 0.2) is 69.0 Å². The van der Waals surface area contributed by atoms with E-state index >= 15 is 0 Å². The van der Waals surface area contributed by atoms with Gasteiger partial charge in [0.25, 0.3) is 5.91 Å². The van der Waals surface area contributed by atoms with Crippen LogP contribution in [0.5, 0.6) is 5.75 Å². The summed E-state index contributed by atoms with van der Waals surface area (Å²) >= 11 is 5.98. The molecule has 2 rings (SSSR count). The highest BCUT2D eigenvalue weighted by Crippen LogP contribution is 2.30. The van der Waals surface area contributed by atoms with E-state index in [4.69, 9.17) is 11.6 Å². The maximum absolute atomic E-state index is 12.4. The van der Waals surface area contributed by atoms with E-state index in [0.29, 0.717) is 5.69 Å². The van der Waals surface area contributed by atoms with Crippen molar-refractivity contribution in [3.8, 4) is 5.75 Å². The third-order valence-electron chi connectivity index (χ3n) is 3.62. The standard InChI is InChI=1S/C18H18ClN3O5S/c1-3-28(26,27)12-8-9-16(24)15(10-12)21-22-17(11(2)23)18(25)20-14-7-5-4-6-13(14)19/h4-10,23-24H,3H2,1-2H3,(H,20,25). The van der Waals surface area contributed by atoms with E-state index < -0.39 is 27.2 Å². The number of azo groups is 1. The van der Waals surface area contributed by atoms with Gasteiger partial charge in [0.2, 0.25) is 0 Å². The number of anilines is 1. The topological polar surface area (TPSA) is 128 Å². The number of aliphatic hydroxyl groups is 1. The van der Waals surface area contributed by atoms with Crippen LogP contribution < -0.4 is 5.32 Å². The Morgan fingerprint density at radius 3 is 2.50 bits per heavy atom. The molecule has 0 aliphatic carbocycles. The summed E-state index contributed by atoms with van der Waals surface area (Å²) in [6, 6.07) is 10.0. The number of benzene rings is 2. The van der Waals surface area contributed by atoms with Gasteiger partial charge in [-0.3, -0.25) is 4.79 Å². The number of nitrogens with zero attached hydrogens (tertiary/aromatic N) is 2. The van der Waals surface area contributed by atoms with Gasteiger partial charge in [-0.2, -0.15) is 0 Å². The highest BCUT2D eigenvalue weighted by molar-refractivity contribution is 7.91. The van der Waals surface area contributed by atoms with E-state index in [1.165, 1.54) is 19.9 Å². The van der Waals surface area contributed by atoms with Crippen molar-refractivity contribution in [3.05, 3.63) is 58.9 Å². The minimum Gasteiger partial charge on any atom is -0.510 e. The molecule has 0 saturated heterocycles. The van der Waals surface area contributed by atoms with Crippen LogP contribution in [-0.4, -0.2) is 30.3 Å². The van der Waals surface area contributed by atoms with Gasteiger partial charge in [0, 0.05) is 0 Å². The van der Waals surface area contributed by atoms with Crippen molar-refractivity contribution in [1.82, 2.24) is 0 Å². The summed E-state index contributed by atoms with van der Waals surface area (Å²) in [6.07, 6.45) is 0. The quantitative estimate of drug-likeness (QED) is 0.361. The zero-order valence-electron chi connectivity index (χ0n) is 15.0. The molecular weight excluding hydrogens is 406 g/mol. The fourth-order valence-electron chi connectivity index (χ4n) is 2.07. The van der Waals surface area contributed by atoms with Crippen LogP contribution in [0.25, 0.3) is 0 Å². The maximum Gasteiger partial charge on any atom is 0.279 e. The summed E-state index contributed by atoms with van der Waals surface area (Å²) in [5.74, 6) is -1.67. The number of nitrogens with one attached hydrogen (secondary N) is 1. The molecule has 0 saturated carbocycles. The summed E-state index contributed by atoms with van der Waals surface area (Å²) < 4.78 is 23.9. The summed E-state index contributed by atoms with van der Waals surface area (Å²) in [6.45, 7) is 2.72. The smallest absolute Gasteiger partial charge is 0.279 e. The fourth-order valence-corrected chi connectivity index (χ4v) is 3.16. The Kier molecular flexibility index (Phi) is 6.76. The first-order valence-electron chi connectivity index (χ1n) is 8.09. The second kappa shape index (κ2) is 8.85. The molecule has 0 atom stereocenters. The Balaban J connectivity index is 2.34. The van der Waals surface area contributed by atoms with Gasteiger partial charge in [0.1, 0.15) is 17.2 Å². The van der Waals surface area contributed by atoms with E-state index in [-0.39, 0.29) is 27.1 Å². The lowest BCUT2D eigenvalue weighted by atomic mass is 10.3. The minimum absolute atomic E-state index is 0.0477. The molecule has 0 aliphatic heterocycles. The van der Waals surface area contributed by atoms with Gasteiger partial charge in [-0.1, -0.05) is 30.7 Å². The van der Waals surface area contributed by atoms with Gasteiger partial charge >= 0.3 is 0 Å². The molecule has 0 spiro atoms. The lowest BCUT2D eigenvalue weighted by Crippen LogP contribution is -2.14. The van der Waals surface area contributed by atoms with E-state index in [0.717, 1.165) is 12.1 Å². The monoisotopic (exact) mass is 423 g/mol. The zero-order valence-corrected chi connectivity index (χ0v) is 16.6. The largest absolute Gasteiger partial charge is 0.510 e. The lowest BCUT2D eigenvalue weighted by molar-refractivity contribution is -0.113. The molecule has 8 nitrogen and oxygen atoms in total. The van der Waals surface area contributed by atoms with E-state index in [1.54, 1.807) is 24.3 Å². The number of hydrogen-bond donors (Lipinski definition) is 3. The van der Waals surface area contributed by atoms with Crippen LogP contribution in [0.3, 0.4) is 0 Å². The number of halogens is 1. The molecule has 0 fully saturated rings. The third-order valence-corrected chi connectivity index (χ3v) is 5.69. The third kappa shape index (κ3) is 5.08. The molecule has 28 heavy (non-hydrogen) atoms. The van der Waals surface area contributed by atoms with Crippen molar-refractivity contribution in [2.24, 2.45) is 10.2 Å². The number of phenolic OH excluding ortho intramolecular Hbond substituents is 1. The van der Waals surface area contributed by atoms with Crippen LogP contribution >= 0.6 is 11.6 Å². The number of carbonyl (C=O) groups excluding carboxylic acids is 1. The van der Waals surface area contributed by atoms with Gasteiger partial charge in [-0.05, 0) is 37.3 Å². The molecule has 0 bridgehead atoms. The number of hydrogen-bond acceptors (Lipinski definition) is 7. The Morgan fingerprint density at radius 1 is 1.21 bits per heavy atom. The van der Waals surface area contributed by atoms with Gasteiger partial charge < -0.3 is 15.5 Å². The number of phenols is 1. The zero-order chi connectivity index (χ0) is 20.9. The molecule has 0 heterocycles. The van der Waals surface area contributed by atoms with Crippen molar-refractivity contribution in [1.29, 1.82) is 0 Å². The Bertz CT molecular complexity index is 1060. The molecule has 0 aromatic heterocycles. The molecular formula is C18H18ClN3O5S. The van der Waals surface area contributed by atoms with E-state index in [9.17, 15) is 23.4 Å². The molecule has 0 radical (unpaired) electrons. The highest BCUT2D eigenvalue weighted by Gasteiger charge is 2.17. The van der Waals surface area contributed by atoms with Crippen molar-refractivity contribution in [2.45, 2.75) is 18.7 Å². The molecule has 1 amide bonds. The van der Waals surface area contributed by atoms with Crippen LogP contribution in [0.1, 0.15) is 13.8 Å². The van der Waals surface area contributed by atoms with Crippen molar-refractivity contribution in [3.63, 3.8) is 0 Å². The van der Waals surface area contributed by atoms with Crippen LogP contribution in [0, 0.1) is 0 Å². The molecule has 2 aromatic rings. The Labute approximate surface area is 167 Å². The number of rotatable bonds is 6. The average Bonchev–Trinajstić information content (AvgIpc) is 2.64. The van der Waals surface area contributed by atoms with E-state index in [2.05, 4.69) is 15.5 Å². The number of amides is 1. The molecule has 3 N–H and O–H groups in total. The van der Waals surface area contributed by atoms with E-state index in [1.807, 2.05) is 0 Å². The number of aliphatic hydroxyl groups excluding tert-OH is 1. The first-order valence-corrected chi connectivity index (χ1v) is 10.1. The van der Waals surface area contributed by atoms with Crippen molar-refractivity contribution in [2.75, 3.05) is 11.1 Å². The molecule has 10 heteroatoms. The number of sulfone groups is 1. The number of carbonyl (C=O) groups is 1. The first kappa shape index (κ1) is 21.4. The second-order valence-corrected chi connectivity index (χ2v) is 8.31. The number of aromatic hydroxyl groups is 1. The first-order chi connectivity index (χ1) is 13.2. The number of para-hydroxylation sites is 1. The summed E-state index contributed by atoms with van der Waals surface area (Å²) in [5, 5.41) is 29.8. The van der Waals surface area contributed by atoms with Crippen molar-refractivity contribution >= 4 is 38.7 Å². The van der Waals surface area contributed by atoms with Gasteiger partial charge in [0.05, 0.1) is 21.4 Å². The predicted octanol–water partition coefficient (Wildman–Crippen LogP) is 4.35. The number of allylic oxidation sites excluding steroid dienone is 1. The van der Waals surface area contributed by atoms with Gasteiger partial charge in [0.15, 0.2) is 15.5 Å². The Morgan fingerprint density at radius 2 is 1.89 bits per heavy atom. The Hall–Kier alpha value is -2.91. The van der Waals surface area contributed by atoms with Crippen LogP contribution in [0.4, 0.5) is 11.4 Å². The van der Waals surface area contributed by atoms with Crippen LogP contribution in [0.2, 0.25) is 5.02 Å². The summed E-state index contributed by atoms with van der Waals surface area (Å²) in [7, 11) is -3.52. The summed E-state index contributed by atoms with van der Waals surface area (Å²) in [4.78, 5) is 12.3. The van der Waals surface area contributed by atoms with Crippen molar-refractivity contribution < 1.29 is 23.4 Å². The molecule has 2 aromatic carbocycles. The molecule has 148 valence electrons. The van der Waals surface area contributed by atoms with Crippen LogP contribution in [-0.2, 0) is 14.6 Å². The molecule has 0 unspecified atom stereocenters. The predicted molar refractivity (Wildman–Crippen MR) is 106 cm³/mol.